The number of nitrogens with zero attached hydrogens (tertiary/aromatic N) is 1. The molecule has 2 amide bonds. The first-order valence-corrected chi connectivity index (χ1v) is 8.70. The second kappa shape index (κ2) is 15.9. The first-order chi connectivity index (χ1) is 10.9. The summed E-state index contributed by atoms with van der Waals surface area (Å²) in [5, 5.41) is 17.7. The fourth-order valence-corrected chi connectivity index (χ4v) is 2.62. The van der Waals surface area contributed by atoms with Gasteiger partial charge in [-0.3, -0.25) is 9.59 Å². The van der Waals surface area contributed by atoms with Gasteiger partial charge in [0.2, 0.25) is 5.91 Å². The zero-order valence-corrected chi connectivity index (χ0v) is 14.4. The summed E-state index contributed by atoms with van der Waals surface area (Å²) in [6.45, 7) is 3.23. The number of imide groups is 1. The van der Waals surface area contributed by atoms with Crippen LogP contribution >= 0.6 is 0 Å². The quantitative estimate of drug-likeness (QED) is 0.390. The van der Waals surface area contributed by atoms with Crippen molar-refractivity contribution in [3.8, 4) is 0 Å². The van der Waals surface area contributed by atoms with E-state index in [0.29, 0.717) is 17.7 Å². The molecule has 0 radical (unpaired) electrons. The maximum atomic E-state index is 12.2. The van der Waals surface area contributed by atoms with Crippen LogP contribution in [0.3, 0.4) is 0 Å². The summed E-state index contributed by atoms with van der Waals surface area (Å²) in [4.78, 5) is 34.3. The molecular weight excluding hydrogens is 321 g/mol. The zero-order chi connectivity index (χ0) is 17.7. The Morgan fingerprint density at radius 2 is 1.38 bits per heavy atom. The summed E-state index contributed by atoms with van der Waals surface area (Å²) in [7, 11) is 0. The molecule has 0 spiro atoms. The number of carboxylic acid groups (broad SMARTS) is 2. The Balaban J connectivity index is 0. The monoisotopic (exact) mass is 353 g/mol. The summed E-state index contributed by atoms with van der Waals surface area (Å²) < 4.78 is 0. The van der Waals surface area contributed by atoms with E-state index < -0.39 is 30.4 Å². The Bertz CT molecular complexity index is 376. The topological polar surface area (TPSA) is 94.9 Å². The second-order valence-corrected chi connectivity index (χ2v) is 5.97. The SMILES string of the molecule is CCCCCCCCCCC(CC)C(=O)N(CC(=O)O)C(=O)O.[NaH]. The fourth-order valence-electron chi connectivity index (χ4n) is 2.62. The fraction of sp³-hybridized carbons (Fsp3) is 0.824. The number of carbonyl (C=O) groups excluding carboxylic acids is 1. The van der Waals surface area contributed by atoms with E-state index in [0.717, 1.165) is 19.3 Å². The van der Waals surface area contributed by atoms with Crippen molar-refractivity contribution in [2.75, 3.05) is 6.54 Å². The van der Waals surface area contributed by atoms with Gasteiger partial charge in [0.1, 0.15) is 6.54 Å². The molecule has 7 heteroatoms. The van der Waals surface area contributed by atoms with Crippen LogP contribution in [0.4, 0.5) is 4.79 Å². The molecule has 2 N–H and O–H groups in total. The van der Waals surface area contributed by atoms with Gasteiger partial charge >= 0.3 is 41.6 Å². The van der Waals surface area contributed by atoms with Gasteiger partial charge < -0.3 is 10.2 Å². The van der Waals surface area contributed by atoms with Gasteiger partial charge in [0.25, 0.3) is 0 Å². The van der Waals surface area contributed by atoms with Crippen molar-refractivity contribution in [3.63, 3.8) is 0 Å². The Hall–Kier alpha value is -0.590. The Labute approximate surface area is 167 Å². The van der Waals surface area contributed by atoms with Crippen LogP contribution in [0.2, 0.25) is 0 Å². The summed E-state index contributed by atoms with van der Waals surface area (Å²) in [6.07, 6.45) is 8.92. The van der Waals surface area contributed by atoms with Crippen molar-refractivity contribution in [1.29, 1.82) is 0 Å². The first kappa shape index (κ1) is 25.6. The van der Waals surface area contributed by atoms with Crippen molar-refractivity contribution >= 4 is 47.5 Å². The normalized spacial score (nSPS) is 11.4. The standard InChI is InChI=1S/C17H31NO5.Na.H/c1-3-5-6-7-8-9-10-11-12-14(4-2)16(21)18(17(22)23)13-15(19)20;;/h14H,3-13H2,1-2H3,(H,19,20)(H,22,23);;. The predicted molar refractivity (Wildman–Crippen MR) is 95.5 cm³/mol. The van der Waals surface area contributed by atoms with E-state index in [1.54, 1.807) is 0 Å². The van der Waals surface area contributed by atoms with E-state index in [2.05, 4.69) is 6.92 Å². The van der Waals surface area contributed by atoms with Crippen molar-refractivity contribution in [3.05, 3.63) is 0 Å². The van der Waals surface area contributed by atoms with Gasteiger partial charge in [0.05, 0.1) is 0 Å². The van der Waals surface area contributed by atoms with Gasteiger partial charge in [-0.15, -0.1) is 0 Å². The minimum atomic E-state index is -1.49. The number of hydrogen-bond acceptors (Lipinski definition) is 3. The minimum absolute atomic E-state index is 0. The number of amides is 2. The van der Waals surface area contributed by atoms with Crippen LogP contribution in [0.5, 0.6) is 0 Å². The van der Waals surface area contributed by atoms with Crippen LogP contribution in [0.25, 0.3) is 0 Å². The summed E-state index contributed by atoms with van der Waals surface area (Å²) >= 11 is 0. The third kappa shape index (κ3) is 11.9. The van der Waals surface area contributed by atoms with Gasteiger partial charge in [-0.05, 0) is 12.8 Å². The molecule has 0 fully saturated rings. The molecule has 0 aromatic heterocycles. The molecule has 1 atom stereocenters. The van der Waals surface area contributed by atoms with Crippen LogP contribution in [-0.4, -0.2) is 69.2 Å². The van der Waals surface area contributed by atoms with Gasteiger partial charge in [-0.1, -0.05) is 65.2 Å². The molecule has 136 valence electrons. The molecule has 6 nitrogen and oxygen atoms in total. The average Bonchev–Trinajstić information content (AvgIpc) is 2.50. The van der Waals surface area contributed by atoms with Crippen molar-refractivity contribution in [2.45, 2.75) is 78.1 Å². The number of carboxylic acids is 1. The van der Waals surface area contributed by atoms with E-state index in [1.807, 2.05) is 6.92 Å². The Morgan fingerprint density at radius 1 is 0.875 bits per heavy atom. The molecule has 0 aliphatic rings. The zero-order valence-electron chi connectivity index (χ0n) is 14.4. The van der Waals surface area contributed by atoms with E-state index in [-0.39, 0.29) is 29.6 Å². The summed E-state index contributed by atoms with van der Waals surface area (Å²) in [5.41, 5.74) is 0. The molecule has 0 saturated carbocycles. The average molecular weight is 353 g/mol. The molecule has 1 unspecified atom stereocenters. The summed E-state index contributed by atoms with van der Waals surface area (Å²) in [5.74, 6) is -2.32. The van der Waals surface area contributed by atoms with Crippen LogP contribution in [0, 0.1) is 5.92 Å². The van der Waals surface area contributed by atoms with Gasteiger partial charge in [0.15, 0.2) is 0 Å². The molecule has 0 aliphatic carbocycles. The number of aliphatic carboxylic acids is 1. The molecule has 0 rings (SSSR count). The van der Waals surface area contributed by atoms with Gasteiger partial charge in [-0.25, -0.2) is 9.69 Å². The Kier molecular flexibility index (Phi) is 17.0. The maximum absolute atomic E-state index is 12.2. The predicted octanol–water partition coefficient (Wildman–Crippen LogP) is 3.49. The van der Waals surface area contributed by atoms with Gasteiger partial charge in [0, 0.05) is 5.92 Å². The molecule has 0 heterocycles. The van der Waals surface area contributed by atoms with Gasteiger partial charge in [-0.2, -0.15) is 0 Å². The molecule has 24 heavy (non-hydrogen) atoms. The number of hydrogen-bond donors (Lipinski definition) is 2. The number of rotatable bonds is 13. The molecule has 0 aliphatic heterocycles. The third-order valence-electron chi connectivity index (χ3n) is 4.04. The van der Waals surface area contributed by atoms with Crippen LogP contribution in [0.15, 0.2) is 0 Å². The van der Waals surface area contributed by atoms with Crippen LogP contribution < -0.4 is 0 Å². The molecule has 0 aromatic carbocycles. The molecule has 0 saturated heterocycles. The van der Waals surface area contributed by atoms with Crippen molar-refractivity contribution < 1.29 is 24.6 Å². The molecular formula is C17H32NNaO5. The van der Waals surface area contributed by atoms with Crippen LogP contribution in [0.1, 0.15) is 78.1 Å². The molecule has 0 bridgehead atoms. The Morgan fingerprint density at radius 3 is 1.79 bits per heavy atom. The number of unbranched alkanes of at least 4 members (excludes halogenated alkanes) is 7. The second-order valence-electron chi connectivity index (χ2n) is 5.97. The van der Waals surface area contributed by atoms with E-state index in [9.17, 15) is 14.4 Å². The van der Waals surface area contributed by atoms with Crippen molar-refractivity contribution in [1.82, 2.24) is 4.90 Å². The van der Waals surface area contributed by atoms with E-state index in [1.165, 1.54) is 32.1 Å². The van der Waals surface area contributed by atoms with E-state index >= 15 is 0 Å². The summed E-state index contributed by atoms with van der Waals surface area (Å²) in [6, 6.07) is 0. The van der Waals surface area contributed by atoms with Crippen LogP contribution in [-0.2, 0) is 9.59 Å². The molecule has 0 aromatic rings. The first-order valence-electron chi connectivity index (χ1n) is 8.70. The van der Waals surface area contributed by atoms with E-state index in [4.69, 9.17) is 10.2 Å². The third-order valence-corrected chi connectivity index (χ3v) is 4.04. The number of carbonyl (C=O) groups is 3. The van der Waals surface area contributed by atoms with Crippen molar-refractivity contribution in [2.24, 2.45) is 5.92 Å².